The molecular formula is C18H18N2O5S2. The first-order chi connectivity index (χ1) is 12.8. The van der Waals surface area contributed by atoms with E-state index in [1.54, 1.807) is 25.4 Å². The summed E-state index contributed by atoms with van der Waals surface area (Å²) in [6.45, 7) is 3.55. The molecule has 0 unspecified atom stereocenters. The van der Waals surface area contributed by atoms with Crippen LogP contribution in [-0.4, -0.2) is 40.5 Å². The molecule has 3 aromatic rings. The third-order valence-corrected chi connectivity index (χ3v) is 8.17. The average molecular weight is 406 g/mol. The van der Waals surface area contributed by atoms with Crippen molar-refractivity contribution in [1.82, 2.24) is 9.79 Å². The molecule has 142 valence electrons. The van der Waals surface area contributed by atoms with E-state index in [-0.39, 0.29) is 10.8 Å². The van der Waals surface area contributed by atoms with Crippen LogP contribution in [0.25, 0.3) is 21.9 Å². The van der Waals surface area contributed by atoms with E-state index in [1.165, 1.54) is 23.9 Å². The zero-order valence-electron chi connectivity index (χ0n) is 14.7. The number of hydrogen-bond acceptors (Lipinski definition) is 6. The van der Waals surface area contributed by atoms with Crippen molar-refractivity contribution in [3.63, 3.8) is 0 Å². The number of rotatable bonds is 3. The van der Waals surface area contributed by atoms with Crippen molar-refractivity contribution in [1.29, 1.82) is 0 Å². The third kappa shape index (κ3) is 2.82. The first kappa shape index (κ1) is 18.3. The van der Waals surface area contributed by atoms with Gasteiger partial charge in [-0.3, -0.25) is 10.0 Å². The first-order valence-corrected chi connectivity index (χ1v) is 10.7. The number of amides is 1. The van der Waals surface area contributed by atoms with Gasteiger partial charge in [0.15, 0.2) is 0 Å². The van der Waals surface area contributed by atoms with Gasteiger partial charge in [0.25, 0.3) is 5.91 Å². The number of carbonyl (C=O) groups excluding carboxylic acids is 1. The van der Waals surface area contributed by atoms with Gasteiger partial charge in [-0.1, -0.05) is 18.2 Å². The highest BCUT2D eigenvalue weighted by molar-refractivity contribution is 8.02. The molecule has 7 nitrogen and oxygen atoms in total. The van der Waals surface area contributed by atoms with Crippen LogP contribution in [0.4, 0.5) is 0 Å². The summed E-state index contributed by atoms with van der Waals surface area (Å²) in [4.78, 5) is 12.2. The second-order valence-electron chi connectivity index (χ2n) is 6.90. The Kier molecular flexibility index (Phi) is 4.22. The van der Waals surface area contributed by atoms with Crippen LogP contribution in [0.1, 0.15) is 13.8 Å². The van der Waals surface area contributed by atoms with Gasteiger partial charge in [-0.25, -0.2) is 13.9 Å². The minimum atomic E-state index is -3.96. The zero-order chi connectivity index (χ0) is 19.4. The number of benzene rings is 2. The molecule has 0 spiro atoms. The number of thioether (sulfide) groups is 1. The molecule has 0 saturated carbocycles. The van der Waals surface area contributed by atoms with Gasteiger partial charge in [-0.2, -0.15) is 4.31 Å². The number of hydrogen-bond donors (Lipinski definition) is 2. The summed E-state index contributed by atoms with van der Waals surface area (Å²) in [6.07, 6.45) is 0. The second kappa shape index (κ2) is 6.23. The molecule has 0 radical (unpaired) electrons. The van der Waals surface area contributed by atoms with E-state index in [4.69, 9.17) is 9.62 Å². The molecule has 1 saturated heterocycles. The minimum absolute atomic E-state index is 0.0445. The number of furan rings is 1. The van der Waals surface area contributed by atoms with E-state index in [0.717, 1.165) is 15.1 Å². The summed E-state index contributed by atoms with van der Waals surface area (Å²) in [5.74, 6) is -0.635. The summed E-state index contributed by atoms with van der Waals surface area (Å²) in [6, 6.07) is 11.2. The molecule has 2 aromatic carbocycles. The largest absolute Gasteiger partial charge is 0.456 e. The number of carbonyl (C=O) groups is 1. The maximum Gasteiger partial charge on any atom is 0.263 e. The van der Waals surface area contributed by atoms with E-state index in [9.17, 15) is 13.2 Å². The normalized spacial score (nSPS) is 20.3. The first-order valence-electron chi connectivity index (χ1n) is 8.27. The van der Waals surface area contributed by atoms with Gasteiger partial charge in [-0.15, -0.1) is 11.8 Å². The van der Waals surface area contributed by atoms with Crippen molar-refractivity contribution < 1.29 is 22.8 Å². The van der Waals surface area contributed by atoms with E-state index < -0.39 is 26.7 Å². The van der Waals surface area contributed by atoms with Crippen LogP contribution in [0.15, 0.2) is 51.8 Å². The Morgan fingerprint density at radius 1 is 1.22 bits per heavy atom. The molecule has 2 heterocycles. The zero-order valence-corrected chi connectivity index (χ0v) is 16.3. The highest BCUT2D eigenvalue weighted by atomic mass is 32.2. The van der Waals surface area contributed by atoms with Crippen molar-refractivity contribution in [2.24, 2.45) is 0 Å². The highest BCUT2D eigenvalue weighted by Gasteiger charge is 2.51. The van der Waals surface area contributed by atoms with E-state index in [2.05, 4.69) is 0 Å². The third-order valence-electron chi connectivity index (χ3n) is 4.83. The molecule has 2 N–H and O–H groups in total. The molecule has 4 rings (SSSR count). The Morgan fingerprint density at radius 2 is 1.93 bits per heavy atom. The van der Waals surface area contributed by atoms with Crippen LogP contribution in [0, 0.1) is 0 Å². The van der Waals surface area contributed by atoms with E-state index >= 15 is 0 Å². The quantitative estimate of drug-likeness (QED) is 0.512. The summed E-state index contributed by atoms with van der Waals surface area (Å²) in [7, 11) is -3.96. The average Bonchev–Trinajstić information content (AvgIpc) is 3.17. The van der Waals surface area contributed by atoms with Crippen LogP contribution in [0.2, 0.25) is 0 Å². The number of para-hydroxylation sites is 1. The number of fused-ring (bicyclic) bond motifs is 3. The van der Waals surface area contributed by atoms with Crippen LogP contribution in [0.5, 0.6) is 0 Å². The molecule has 1 aromatic heterocycles. The van der Waals surface area contributed by atoms with Crippen molar-refractivity contribution in [3.05, 3.63) is 42.5 Å². The Morgan fingerprint density at radius 3 is 2.67 bits per heavy atom. The Balaban J connectivity index is 1.81. The van der Waals surface area contributed by atoms with Gasteiger partial charge in [0.1, 0.15) is 17.2 Å². The van der Waals surface area contributed by atoms with Crippen LogP contribution < -0.4 is 5.48 Å². The Labute approximate surface area is 160 Å². The summed E-state index contributed by atoms with van der Waals surface area (Å²) in [5.41, 5.74) is 2.73. The fourth-order valence-electron chi connectivity index (χ4n) is 3.45. The number of sulfonamides is 1. The number of hydroxylamine groups is 1. The summed E-state index contributed by atoms with van der Waals surface area (Å²) < 4.78 is 32.7. The molecule has 0 aliphatic carbocycles. The second-order valence-corrected chi connectivity index (χ2v) is 10.4. The fraction of sp³-hybridized carbons (Fsp3) is 0.278. The van der Waals surface area contributed by atoms with Gasteiger partial charge in [-0.05, 0) is 32.0 Å². The minimum Gasteiger partial charge on any atom is -0.456 e. The topological polar surface area (TPSA) is 99.9 Å². The molecule has 9 heteroatoms. The lowest BCUT2D eigenvalue weighted by Crippen LogP contribution is -2.52. The Bertz CT molecular complexity index is 1150. The maximum absolute atomic E-state index is 13.2. The Hall–Kier alpha value is -2.07. The molecular weight excluding hydrogens is 388 g/mol. The lowest BCUT2D eigenvalue weighted by atomic mass is 10.0. The number of nitrogens with zero attached hydrogens (tertiary/aromatic N) is 1. The van der Waals surface area contributed by atoms with Gasteiger partial charge < -0.3 is 4.42 Å². The van der Waals surface area contributed by atoms with Crippen LogP contribution >= 0.6 is 11.8 Å². The lowest BCUT2D eigenvalue weighted by Gasteiger charge is -2.28. The standard InChI is InChI=1S/C18H18N2O5S2/c1-18(2)16(17(21)19-22)20(10-26-18)27(23,24)11-7-8-13-12-5-3-4-6-14(12)25-15(13)9-11/h3-9,16,22H,10H2,1-2H3,(H,19,21)/t16-/m1/s1. The predicted molar refractivity (Wildman–Crippen MR) is 103 cm³/mol. The molecule has 1 amide bonds. The molecule has 1 aliphatic rings. The van der Waals surface area contributed by atoms with Crippen LogP contribution in [0.3, 0.4) is 0 Å². The van der Waals surface area contributed by atoms with Gasteiger partial charge >= 0.3 is 0 Å². The molecule has 1 aliphatic heterocycles. The smallest absolute Gasteiger partial charge is 0.263 e. The van der Waals surface area contributed by atoms with Crippen molar-refractivity contribution in [2.45, 2.75) is 29.5 Å². The fourth-order valence-corrected chi connectivity index (χ4v) is 6.63. The van der Waals surface area contributed by atoms with Crippen molar-refractivity contribution in [2.75, 3.05) is 5.88 Å². The van der Waals surface area contributed by atoms with Crippen molar-refractivity contribution in [3.8, 4) is 0 Å². The van der Waals surface area contributed by atoms with Gasteiger partial charge in [0.2, 0.25) is 10.0 Å². The van der Waals surface area contributed by atoms with E-state index in [1.807, 2.05) is 24.3 Å². The number of nitrogens with one attached hydrogen (secondary N) is 1. The molecule has 1 fully saturated rings. The predicted octanol–water partition coefficient (Wildman–Crippen LogP) is 2.93. The van der Waals surface area contributed by atoms with Gasteiger partial charge in [0.05, 0.1) is 10.8 Å². The van der Waals surface area contributed by atoms with Crippen LogP contribution in [-0.2, 0) is 14.8 Å². The van der Waals surface area contributed by atoms with E-state index in [0.29, 0.717) is 11.2 Å². The maximum atomic E-state index is 13.2. The monoisotopic (exact) mass is 406 g/mol. The molecule has 0 bridgehead atoms. The highest BCUT2D eigenvalue weighted by Crippen LogP contribution is 2.42. The van der Waals surface area contributed by atoms with Gasteiger partial charge in [0, 0.05) is 21.6 Å². The molecule has 1 atom stereocenters. The lowest BCUT2D eigenvalue weighted by molar-refractivity contribution is -0.133. The summed E-state index contributed by atoms with van der Waals surface area (Å²) in [5, 5.41) is 10.8. The van der Waals surface area contributed by atoms with Crippen molar-refractivity contribution >= 4 is 49.6 Å². The SMILES string of the molecule is CC1(C)SCN(S(=O)(=O)c2ccc3c(c2)oc2ccccc23)[C@@H]1C(=O)NO. The summed E-state index contributed by atoms with van der Waals surface area (Å²) >= 11 is 1.34. The molecule has 27 heavy (non-hydrogen) atoms.